The predicted molar refractivity (Wildman–Crippen MR) is 323 cm³/mol. The Morgan fingerprint density at radius 3 is 1.38 bits per heavy atom. The zero-order valence-corrected chi connectivity index (χ0v) is 45.4. The van der Waals surface area contributed by atoms with Crippen molar-refractivity contribution >= 4 is 90.3 Å². The number of aromatic nitrogens is 3. The van der Waals surface area contributed by atoms with Crippen molar-refractivity contribution in [2.24, 2.45) is 17.3 Å². The van der Waals surface area contributed by atoms with Crippen molar-refractivity contribution in [2.75, 3.05) is 0 Å². The van der Waals surface area contributed by atoms with Crippen LogP contribution in [0, 0.1) is 17.3 Å². The van der Waals surface area contributed by atoms with Crippen LogP contribution < -0.4 is 32.8 Å². The summed E-state index contributed by atoms with van der Waals surface area (Å²) in [4.78, 5) is 0. The largest absolute Gasteiger partial charge is 0.294 e. The fraction of sp³-hybridized carbons (Fsp3) is 0.278. The van der Waals surface area contributed by atoms with Crippen LogP contribution in [0.2, 0.25) is 0 Å². The number of hydrogen-bond donors (Lipinski definition) is 0. The molecule has 3 fully saturated rings. The lowest BCUT2D eigenvalue weighted by Crippen LogP contribution is -2.65. The van der Waals surface area contributed by atoms with Gasteiger partial charge in [0, 0.05) is 16.5 Å². The highest BCUT2D eigenvalue weighted by molar-refractivity contribution is 7.03. The van der Waals surface area contributed by atoms with Gasteiger partial charge >= 0.3 is 0 Å². The molecule has 370 valence electrons. The van der Waals surface area contributed by atoms with E-state index >= 15 is 0 Å². The smallest absolute Gasteiger partial charge is 0.250 e. The first-order chi connectivity index (χ1) is 37.3. The first kappa shape index (κ1) is 42.8. The maximum atomic E-state index is 2.86. The van der Waals surface area contributed by atoms with Gasteiger partial charge in [0.05, 0.1) is 22.1 Å². The Morgan fingerprint density at radius 2 is 0.896 bits per heavy atom. The molecule has 19 rings (SSSR count). The van der Waals surface area contributed by atoms with E-state index in [0.29, 0.717) is 17.3 Å². The van der Waals surface area contributed by atoms with Crippen LogP contribution in [0.5, 0.6) is 0 Å². The van der Waals surface area contributed by atoms with Crippen LogP contribution in [0.25, 0.3) is 72.1 Å². The molecule has 3 nitrogen and oxygen atoms in total. The van der Waals surface area contributed by atoms with Crippen LogP contribution in [0.1, 0.15) is 131 Å². The topological polar surface area (TPSA) is 13.8 Å². The Hall–Kier alpha value is -7.23. The van der Waals surface area contributed by atoms with Crippen LogP contribution in [-0.4, -0.2) is 26.8 Å². The first-order valence-corrected chi connectivity index (χ1v) is 29.2. The zero-order chi connectivity index (χ0) is 51.1. The second-order valence-electron chi connectivity index (χ2n) is 27.6. The maximum absolute atomic E-state index is 2.86. The summed E-state index contributed by atoms with van der Waals surface area (Å²) in [5.74, 6) is 3.08. The second-order valence-corrected chi connectivity index (χ2v) is 27.6. The number of para-hydroxylation sites is 2. The summed E-state index contributed by atoms with van der Waals surface area (Å²) in [6.45, 7) is 17.2. The van der Waals surface area contributed by atoms with Crippen LogP contribution >= 0.6 is 0 Å². The van der Waals surface area contributed by atoms with E-state index in [1.807, 2.05) is 0 Å². The molecule has 0 saturated heterocycles. The van der Waals surface area contributed by atoms with E-state index in [1.54, 1.807) is 11.1 Å². The molecule has 0 radical (unpaired) electrons. The molecule has 2 aliphatic heterocycles. The lowest BCUT2D eigenvalue weighted by Gasteiger charge is -2.48. The molecule has 1 spiro atoms. The molecule has 0 amide bonds. The van der Waals surface area contributed by atoms with E-state index in [4.69, 9.17) is 0 Å². The highest BCUT2D eigenvalue weighted by Crippen LogP contribution is 2.76. The Morgan fingerprint density at radius 1 is 0.455 bits per heavy atom. The van der Waals surface area contributed by atoms with E-state index in [-0.39, 0.29) is 29.7 Å². The maximum Gasteiger partial charge on any atom is 0.250 e. The van der Waals surface area contributed by atoms with E-state index in [2.05, 4.69) is 220 Å². The lowest BCUT2D eigenvalue weighted by molar-refractivity contribution is 0.00322. The summed E-state index contributed by atoms with van der Waals surface area (Å²) in [7, 11) is 0. The molecule has 3 saturated carbocycles. The van der Waals surface area contributed by atoms with Gasteiger partial charge < -0.3 is 0 Å². The molecular weight excluding hydrogens is 928 g/mol. The van der Waals surface area contributed by atoms with Crippen molar-refractivity contribution in [3.8, 4) is 27.9 Å². The minimum Gasteiger partial charge on any atom is -0.294 e. The van der Waals surface area contributed by atoms with Gasteiger partial charge in [0.15, 0.2) is 0 Å². The molecule has 8 aromatic carbocycles. The Kier molecular flexibility index (Phi) is 7.53. The van der Waals surface area contributed by atoms with Crippen LogP contribution in [-0.2, 0) is 16.2 Å². The van der Waals surface area contributed by atoms with Gasteiger partial charge in [-0.15, -0.1) is 0 Å². The third-order valence-corrected chi connectivity index (χ3v) is 22.6. The zero-order valence-electron chi connectivity index (χ0n) is 45.4. The normalized spacial score (nSPS) is 23.5. The number of rotatable bonds is 2. The molecule has 11 aromatic rings. The summed E-state index contributed by atoms with van der Waals surface area (Å²) in [5, 5.41) is 2.72. The van der Waals surface area contributed by atoms with Crippen molar-refractivity contribution in [2.45, 2.75) is 109 Å². The van der Waals surface area contributed by atoms with Gasteiger partial charge in [0.25, 0.3) is 0 Å². The van der Waals surface area contributed by atoms with Gasteiger partial charge in [-0.2, -0.15) is 0 Å². The van der Waals surface area contributed by atoms with E-state index < -0.39 is 0 Å². The summed E-state index contributed by atoms with van der Waals surface area (Å²) < 4.78 is 8.47. The highest BCUT2D eigenvalue weighted by atomic mass is 15.2. The Balaban J connectivity index is 1.06. The van der Waals surface area contributed by atoms with Crippen molar-refractivity contribution in [1.82, 2.24) is 13.4 Å². The average molecular weight is 990 g/mol. The SMILES string of the molecule is CC(C)(C)c1cc2c3c(c1)B(c1cccc4c1C(C)(C)c1ccccc1-4)c1c4ccccc4n4c5cc6c(cc5n5c7ccccc7c(c5n-3c14)B2c1cccc2c1C(C)(C)c1ccccc1-2)C1CC2CC3CC6CC23C1. The van der Waals surface area contributed by atoms with Crippen LogP contribution in [0.15, 0.2) is 158 Å². The van der Waals surface area contributed by atoms with Gasteiger partial charge in [-0.05, 0) is 185 Å². The fourth-order valence-electron chi connectivity index (χ4n) is 19.7. The number of nitrogens with zero attached hydrogens (tertiary/aromatic N) is 3. The minimum atomic E-state index is -0.204. The van der Waals surface area contributed by atoms with E-state index in [9.17, 15) is 0 Å². The average Bonchev–Trinajstić information content (AvgIpc) is 3.30. The second kappa shape index (κ2) is 13.5. The number of hydrogen-bond acceptors (Lipinski definition) is 0. The molecular formula is C72H61B2N3. The molecule has 5 heteroatoms. The van der Waals surface area contributed by atoms with E-state index in [0.717, 1.165) is 11.8 Å². The summed E-state index contributed by atoms with van der Waals surface area (Å²) in [6, 6.07) is 63.3. The quantitative estimate of drug-likeness (QED) is 0.153. The summed E-state index contributed by atoms with van der Waals surface area (Å²) in [6.07, 6.45) is 6.96. The molecule has 0 N–H and O–H groups in total. The molecule has 77 heavy (non-hydrogen) atoms. The molecule has 5 heterocycles. The standard InChI is InChI=1S/C72H61B2N3/c1-69(2,3)41-33-56-66-57(34-41)74(55-27-17-23-47-45-19-9-13-25-53(45)71(6,7)63(47)55)65-49-21-11-15-29-59(49)76-61-36-51-40-31-43-32-42-30-39(37-72(42,43)38-40)50(51)35-60(61)75-58-28-14-10-20-48(58)64(67(75)77(66)68(65)76)73(56)54-26-16-22-46-44-18-8-12-24-52(44)70(4,5)62(46)54/h8-29,33-36,39-40,42-43H,30-32,37-38H2,1-7H3. The van der Waals surface area contributed by atoms with Gasteiger partial charge in [0.2, 0.25) is 13.4 Å². The van der Waals surface area contributed by atoms with Gasteiger partial charge in [-0.1, -0.05) is 193 Å². The van der Waals surface area contributed by atoms with Crippen LogP contribution in [0.3, 0.4) is 0 Å². The summed E-state index contributed by atoms with van der Waals surface area (Å²) in [5.41, 5.74) is 34.0. The molecule has 3 bridgehead atoms. The number of fused-ring (bicyclic) bond motifs is 20. The van der Waals surface area contributed by atoms with Gasteiger partial charge in [0.1, 0.15) is 11.3 Å². The van der Waals surface area contributed by atoms with Gasteiger partial charge in [-0.3, -0.25) is 13.4 Å². The van der Waals surface area contributed by atoms with Crippen molar-refractivity contribution in [3.05, 3.63) is 197 Å². The lowest BCUT2D eigenvalue weighted by atomic mass is 9.30. The molecule has 3 aromatic heterocycles. The van der Waals surface area contributed by atoms with Crippen molar-refractivity contribution in [3.63, 3.8) is 0 Å². The van der Waals surface area contributed by atoms with E-state index in [1.165, 1.54) is 165 Å². The monoisotopic (exact) mass is 990 g/mol. The van der Waals surface area contributed by atoms with Crippen molar-refractivity contribution in [1.29, 1.82) is 0 Å². The fourth-order valence-corrected chi connectivity index (χ4v) is 19.7. The van der Waals surface area contributed by atoms with Gasteiger partial charge in [-0.25, -0.2) is 0 Å². The van der Waals surface area contributed by atoms with Crippen LogP contribution in [0.4, 0.5) is 0 Å². The number of benzene rings is 8. The van der Waals surface area contributed by atoms with Crippen molar-refractivity contribution < 1.29 is 0 Å². The third-order valence-electron chi connectivity index (χ3n) is 22.6. The minimum absolute atomic E-state index is 0.0474. The summed E-state index contributed by atoms with van der Waals surface area (Å²) >= 11 is 0. The molecule has 4 atom stereocenters. The Labute approximate surface area is 451 Å². The highest BCUT2D eigenvalue weighted by Gasteiger charge is 2.65. The third kappa shape index (κ3) is 4.80. The molecule has 6 aliphatic carbocycles. The molecule has 8 aliphatic rings. The molecule has 4 unspecified atom stereocenters. The Bertz CT molecular complexity index is 4380. The first-order valence-electron chi connectivity index (χ1n) is 29.2. The predicted octanol–water partition coefficient (Wildman–Crippen LogP) is 13.0.